The third-order valence-corrected chi connectivity index (χ3v) is 6.51. The molecule has 0 heterocycles. The molecule has 148 valence electrons. The van der Waals surface area contributed by atoms with Crippen molar-refractivity contribution in [2.45, 2.75) is 25.9 Å². The monoisotopic (exact) mass is 422 g/mol. The van der Waals surface area contributed by atoms with Crippen molar-refractivity contribution in [1.29, 1.82) is 0 Å². The van der Waals surface area contributed by atoms with Gasteiger partial charge in [-0.3, -0.25) is 0 Å². The van der Waals surface area contributed by atoms with Gasteiger partial charge in [0.05, 0.1) is 10.6 Å². The molecule has 2 rings (SSSR count). The molecule has 11 heteroatoms. The van der Waals surface area contributed by atoms with Crippen LogP contribution in [-0.4, -0.2) is 5.16 Å². The Morgan fingerprint density at radius 1 is 0.407 bits per heavy atom. The summed E-state index contributed by atoms with van der Waals surface area (Å²) in [6, 6.07) is 0. The first kappa shape index (κ1) is 21.5. The minimum Gasteiger partial charge on any atom is -0.203 e. The summed E-state index contributed by atoms with van der Waals surface area (Å²) in [5.41, 5.74) is 0. The van der Waals surface area contributed by atoms with Crippen LogP contribution in [0.1, 0.15) is 20.8 Å². The van der Waals surface area contributed by atoms with Gasteiger partial charge in [0.1, 0.15) is 0 Å². The Morgan fingerprint density at radius 2 is 0.593 bits per heavy atom. The quantitative estimate of drug-likeness (QED) is 0.267. The van der Waals surface area contributed by atoms with E-state index in [2.05, 4.69) is 0 Å². The van der Waals surface area contributed by atoms with Crippen LogP contribution in [0.4, 0.5) is 43.9 Å². The Balaban J connectivity index is 3.04. The topological polar surface area (TPSA) is 0 Å². The summed E-state index contributed by atoms with van der Waals surface area (Å²) in [6.07, 6.45) is 0. The first-order chi connectivity index (χ1) is 12.2. The molecule has 0 nitrogen and oxygen atoms in total. The van der Waals surface area contributed by atoms with Gasteiger partial charge in [-0.25, -0.2) is 43.9 Å². The zero-order chi connectivity index (χ0) is 21.0. The van der Waals surface area contributed by atoms with E-state index in [0.717, 1.165) is 20.8 Å². The fourth-order valence-corrected chi connectivity index (χ4v) is 5.11. The Labute approximate surface area is 147 Å². The number of hydrogen-bond acceptors (Lipinski definition) is 0. The third-order valence-electron chi connectivity index (χ3n) is 3.49. The van der Waals surface area contributed by atoms with E-state index in [-0.39, 0.29) is 0 Å². The van der Waals surface area contributed by atoms with E-state index in [1.165, 1.54) is 0 Å². The van der Waals surface area contributed by atoms with E-state index in [0.29, 0.717) is 0 Å². The lowest BCUT2D eigenvalue weighted by atomic mass is 10.2. The molecule has 0 atom stereocenters. The first-order valence-electron chi connectivity index (χ1n) is 7.06. The molecule has 0 aromatic heterocycles. The zero-order valence-electron chi connectivity index (χ0n) is 13.7. The normalized spacial score (nSPS) is 12.2. The van der Waals surface area contributed by atoms with E-state index in [4.69, 9.17) is 0 Å². The molecule has 0 aliphatic rings. The van der Waals surface area contributed by atoms with Gasteiger partial charge < -0.3 is 0 Å². The van der Waals surface area contributed by atoms with Gasteiger partial charge in [0.15, 0.2) is 46.5 Å². The second kappa shape index (κ2) is 6.96. The summed E-state index contributed by atoms with van der Waals surface area (Å²) in [5.74, 6) is -24.3. The van der Waals surface area contributed by atoms with Crippen molar-refractivity contribution >= 4 is 18.5 Å². The van der Waals surface area contributed by atoms with E-state index in [1.54, 1.807) is 0 Å². The summed E-state index contributed by atoms with van der Waals surface area (Å²) < 4.78 is 138. The molecule has 0 amide bonds. The molecule has 0 saturated heterocycles. The highest BCUT2D eigenvalue weighted by molar-refractivity contribution is 7.74. The second-order valence-electron chi connectivity index (χ2n) is 6.34. The lowest BCUT2D eigenvalue weighted by Gasteiger charge is -2.33. The Morgan fingerprint density at radius 3 is 0.778 bits per heavy atom. The number of rotatable bonds is 2. The van der Waals surface area contributed by atoms with Crippen LogP contribution in [0.5, 0.6) is 0 Å². The lowest BCUT2D eigenvalue weighted by Crippen LogP contribution is -2.36. The van der Waals surface area contributed by atoms with Gasteiger partial charge in [0.25, 0.3) is 0 Å². The Bertz CT molecular complexity index is 805. The molecule has 0 spiro atoms. The van der Waals surface area contributed by atoms with Gasteiger partial charge in [0, 0.05) is 0 Å². The average molecular weight is 422 g/mol. The van der Waals surface area contributed by atoms with Crippen LogP contribution >= 0.6 is 7.92 Å². The predicted octanol–water partition coefficient (Wildman–Crippen LogP) is 5.31. The molecule has 2 aromatic rings. The zero-order valence-corrected chi connectivity index (χ0v) is 14.6. The number of hydrogen-bond donors (Lipinski definition) is 0. The van der Waals surface area contributed by atoms with Crippen LogP contribution in [0.3, 0.4) is 0 Å². The standard InChI is InChI=1S/C16H9F10P/c1-16(2,3)27(14-10(23)6(19)4(17)7(20)11(14)24)15-12(25)8(21)5(18)9(22)13(15)26/h1-3H3. The van der Waals surface area contributed by atoms with Gasteiger partial charge >= 0.3 is 0 Å². The minimum absolute atomic E-state index is 1.09. The van der Waals surface area contributed by atoms with Crippen LogP contribution in [0.25, 0.3) is 0 Å². The fraction of sp³-hybridized carbons (Fsp3) is 0.250. The van der Waals surface area contributed by atoms with E-state index >= 15 is 0 Å². The van der Waals surface area contributed by atoms with Gasteiger partial charge in [-0.2, -0.15) is 0 Å². The highest BCUT2D eigenvalue weighted by atomic mass is 31.1. The molecule has 27 heavy (non-hydrogen) atoms. The van der Waals surface area contributed by atoms with Crippen LogP contribution in [0.15, 0.2) is 0 Å². The maximum absolute atomic E-state index is 14.2. The second-order valence-corrected chi connectivity index (χ2v) is 9.25. The van der Waals surface area contributed by atoms with Gasteiger partial charge in [0.2, 0.25) is 11.6 Å². The van der Waals surface area contributed by atoms with Gasteiger partial charge in [-0.05, 0) is 13.1 Å². The highest BCUT2D eigenvalue weighted by Crippen LogP contribution is 2.50. The lowest BCUT2D eigenvalue weighted by molar-refractivity contribution is 0.382. The molecular weight excluding hydrogens is 413 g/mol. The Hall–Kier alpha value is -1.83. The maximum Gasteiger partial charge on any atom is 0.200 e. The number of halogens is 10. The van der Waals surface area contributed by atoms with Crippen LogP contribution in [0, 0.1) is 58.2 Å². The van der Waals surface area contributed by atoms with Crippen molar-refractivity contribution in [2.75, 3.05) is 0 Å². The highest BCUT2D eigenvalue weighted by Gasteiger charge is 2.42. The minimum atomic E-state index is -3.26. The summed E-state index contributed by atoms with van der Waals surface area (Å²) in [7, 11) is -3.26. The molecule has 0 saturated carbocycles. The molecule has 0 bridgehead atoms. The smallest absolute Gasteiger partial charge is 0.200 e. The molecule has 0 radical (unpaired) electrons. The summed E-state index contributed by atoms with van der Waals surface area (Å²) in [5, 5.41) is -4.94. The van der Waals surface area contributed by atoms with Crippen molar-refractivity contribution in [3.8, 4) is 0 Å². The van der Waals surface area contributed by atoms with Crippen molar-refractivity contribution in [2.24, 2.45) is 0 Å². The molecule has 0 aliphatic heterocycles. The van der Waals surface area contributed by atoms with Crippen molar-refractivity contribution in [1.82, 2.24) is 0 Å². The fourth-order valence-electron chi connectivity index (χ4n) is 2.36. The van der Waals surface area contributed by atoms with Crippen LogP contribution in [-0.2, 0) is 0 Å². The first-order valence-corrected chi connectivity index (χ1v) is 8.40. The predicted molar refractivity (Wildman–Crippen MR) is 78.4 cm³/mol. The van der Waals surface area contributed by atoms with Crippen LogP contribution in [0.2, 0.25) is 0 Å². The van der Waals surface area contributed by atoms with Gasteiger partial charge in [-0.15, -0.1) is 0 Å². The van der Waals surface area contributed by atoms with Gasteiger partial charge in [-0.1, -0.05) is 20.8 Å². The van der Waals surface area contributed by atoms with Crippen molar-refractivity contribution < 1.29 is 43.9 Å². The third kappa shape index (κ3) is 3.28. The largest absolute Gasteiger partial charge is 0.203 e. The molecule has 0 fully saturated rings. The van der Waals surface area contributed by atoms with Crippen LogP contribution < -0.4 is 10.6 Å². The van der Waals surface area contributed by atoms with E-state index < -0.39 is 81.9 Å². The molecule has 0 aliphatic carbocycles. The average Bonchev–Trinajstić information content (AvgIpc) is 2.59. The maximum atomic E-state index is 14.2. The SMILES string of the molecule is CC(C)(C)P(c1c(F)c(F)c(F)c(F)c1F)c1c(F)c(F)c(F)c(F)c1F. The van der Waals surface area contributed by atoms with E-state index in [1.807, 2.05) is 0 Å². The summed E-state index contributed by atoms with van der Waals surface area (Å²) >= 11 is 0. The number of benzene rings is 2. The van der Waals surface area contributed by atoms with Crippen molar-refractivity contribution in [3.63, 3.8) is 0 Å². The molecular formula is C16H9F10P. The summed E-state index contributed by atoms with van der Waals surface area (Å²) in [4.78, 5) is 0. The Kier molecular flexibility index (Phi) is 5.54. The molecule has 2 aromatic carbocycles. The summed E-state index contributed by atoms with van der Waals surface area (Å²) in [6.45, 7) is 3.28. The van der Waals surface area contributed by atoms with Crippen molar-refractivity contribution in [3.05, 3.63) is 58.2 Å². The van der Waals surface area contributed by atoms with E-state index in [9.17, 15) is 43.9 Å². The molecule has 0 unspecified atom stereocenters. The molecule has 0 N–H and O–H groups in total.